The third-order valence-corrected chi connectivity index (χ3v) is 5.44. The second-order valence-electron chi connectivity index (χ2n) is 6.57. The Hall–Kier alpha value is -1.66. The Balaban J connectivity index is 1.75. The van der Waals surface area contributed by atoms with Crippen LogP contribution in [0.1, 0.15) is 35.1 Å². The number of nitrogens with one attached hydrogen (secondary N) is 1. The lowest BCUT2D eigenvalue weighted by atomic mass is 10.1. The molecule has 1 aliphatic carbocycles. The van der Waals surface area contributed by atoms with Crippen LogP contribution in [-0.4, -0.2) is 46.3 Å². The van der Waals surface area contributed by atoms with E-state index in [0.29, 0.717) is 5.69 Å². The number of carbonyl (C=O) groups excluding carboxylic acids is 1. The number of amides is 1. The van der Waals surface area contributed by atoms with Gasteiger partial charge in [-0.05, 0) is 44.4 Å². The maximum atomic E-state index is 13.1. The molecule has 1 N–H and O–H groups in total. The topological polar surface area (TPSA) is 50.2 Å². The molecule has 1 fully saturated rings. The van der Waals surface area contributed by atoms with Crippen molar-refractivity contribution in [2.24, 2.45) is 0 Å². The fraction of sp³-hybridized carbons (Fsp3) is 0.444. The Kier molecular flexibility index (Phi) is 4.18. The molecule has 0 spiro atoms. The smallest absolute Gasteiger partial charge is 0.274 e. The molecule has 0 bridgehead atoms. The highest BCUT2D eigenvalue weighted by Gasteiger charge is 2.32. The van der Waals surface area contributed by atoms with E-state index < -0.39 is 0 Å². The Bertz CT molecular complexity index is 785. The summed E-state index contributed by atoms with van der Waals surface area (Å²) in [7, 11) is 0. The monoisotopic (exact) mass is 388 g/mol. The number of rotatable bonds is 2. The van der Waals surface area contributed by atoms with Crippen molar-refractivity contribution in [2.75, 3.05) is 19.6 Å². The first kappa shape index (κ1) is 15.8. The first-order chi connectivity index (χ1) is 11.6. The van der Waals surface area contributed by atoms with E-state index in [4.69, 9.17) is 5.10 Å². The molecule has 1 saturated heterocycles. The van der Waals surface area contributed by atoms with Gasteiger partial charge >= 0.3 is 0 Å². The van der Waals surface area contributed by atoms with Crippen LogP contribution in [0.5, 0.6) is 0 Å². The van der Waals surface area contributed by atoms with E-state index in [1.807, 2.05) is 33.8 Å². The lowest BCUT2D eigenvalue weighted by Gasteiger charge is -2.33. The highest BCUT2D eigenvalue weighted by Crippen LogP contribution is 2.29. The number of hydrogen-bond acceptors (Lipinski definition) is 3. The summed E-state index contributed by atoms with van der Waals surface area (Å²) < 4.78 is 2.98. The van der Waals surface area contributed by atoms with Crippen LogP contribution in [0.2, 0.25) is 0 Å². The van der Waals surface area contributed by atoms with Crippen LogP contribution < -0.4 is 5.32 Å². The average Bonchev–Trinajstić information content (AvgIpc) is 3.17. The second-order valence-corrected chi connectivity index (χ2v) is 7.49. The molecule has 6 heteroatoms. The molecule has 5 nitrogen and oxygen atoms in total. The van der Waals surface area contributed by atoms with E-state index in [2.05, 4.69) is 28.2 Å². The first-order valence-electron chi connectivity index (χ1n) is 8.53. The number of nitrogens with zero attached hydrogens (tertiary/aromatic N) is 3. The van der Waals surface area contributed by atoms with Crippen LogP contribution in [0, 0.1) is 0 Å². The fourth-order valence-corrected chi connectivity index (χ4v) is 4.10. The van der Waals surface area contributed by atoms with Crippen molar-refractivity contribution in [3.05, 3.63) is 45.7 Å². The van der Waals surface area contributed by atoms with Crippen LogP contribution in [0.25, 0.3) is 5.69 Å². The number of halogens is 1. The fourth-order valence-electron chi connectivity index (χ4n) is 3.71. The Morgan fingerprint density at radius 3 is 3.04 bits per heavy atom. The molecule has 1 aliphatic heterocycles. The molecule has 2 aromatic rings. The summed E-state index contributed by atoms with van der Waals surface area (Å²) in [6.45, 7) is 4.54. The Labute approximate surface area is 150 Å². The van der Waals surface area contributed by atoms with Gasteiger partial charge in [-0.25, -0.2) is 4.68 Å². The minimum absolute atomic E-state index is 0.0795. The molecule has 1 aromatic carbocycles. The van der Waals surface area contributed by atoms with Gasteiger partial charge in [-0.2, -0.15) is 5.10 Å². The molecule has 4 rings (SSSR count). The van der Waals surface area contributed by atoms with Gasteiger partial charge in [0.2, 0.25) is 0 Å². The molecule has 0 radical (unpaired) electrons. The lowest BCUT2D eigenvalue weighted by molar-refractivity contribution is 0.0648. The zero-order valence-corrected chi connectivity index (χ0v) is 15.3. The molecule has 24 heavy (non-hydrogen) atoms. The summed E-state index contributed by atoms with van der Waals surface area (Å²) in [4.78, 5) is 15.1. The van der Waals surface area contributed by atoms with Crippen LogP contribution in [0.15, 0.2) is 28.7 Å². The van der Waals surface area contributed by atoms with Gasteiger partial charge in [0, 0.05) is 41.4 Å². The molecular weight excluding hydrogens is 368 g/mol. The quantitative estimate of drug-likeness (QED) is 0.859. The van der Waals surface area contributed by atoms with Gasteiger partial charge in [-0.3, -0.25) is 4.79 Å². The van der Waals surface area contributed by atoms with Gasteiger partial charge in [0.1, 0.15) is 0 Å². The maximum Gasteiger partial charge on any atom is 0.274 e. The van der Waals surface area contributed by atoms with Crippen molar-refractivity contribution in [1.29, 1.82) is 0 Å². The number of carbonyl (C=O) groups is 1. The van der Waals surface area contributed by atoms with Crippen molar-refractivity contribution < 1.29 is 4.79 Å². The highest BCUT2D eigenvalue weighted by molar-refractivity contribution is 9.10. The van der Waals surface area contributed by atoms with E-state index >= 15 is 0 Å². The molecular formula is C18H21BrN4O. The number of piperazine rings is 1. The third kappa shape index (κ3) is 2.67. The summed E-state index contributed by atoms with van der Waals surface area (Å²) in [6.07, 6.45) is 3.03. The Morgan fingerprint density at radius 1 is 1.38 bits per heavy atom. The normalized spacial score (nSPS) is 20.2. The van der Waals surface area contributed by atoms with E-state index in [9.17, 15) is 4.79 Å². The Morgan fingerprint density at radius 2 is 2.25 bits per heavy atom. The molecule has 1 unspecified atom stereocenters. The van der Waals surface area contributed by atoms with Gasteiger partial charge in [0.15, 0.2) is 5.69 Å². The van der Waals surface area contributed by atoms with E-state index in [-0.39, 0.29) is 11.9 Å². The summed E-state index contributed by atoms with van der Waals surface area (Å²) in [5.74, 6) is 0.0795. The average molecular weight is 389 g/mol. The predicted molar refractivity (Wildman–Crippen MR) is 96.7 cm³/mol. The molecule has 1 amide bonds. The SMILES string of the molecule is CC1CNCCN1C(=O)c1nn(-c2cccc(Br)c2)c2c1CCC2. The highest BCUT2D eigenvalue weighted by atomic mass is 79.9. The van der Waals surface area contributed by atoms with Crippen molar-refractivity contribution in [3.8, 4) is 5.69 Å². The second kappa shape index (κ2) is 6.33. The molecule has 1 atom stereocenters. The van der Waals surface area contributed by atoms with Crippen molar-refractivity contribution >= 4 is 21.8 Å². The van der Waals surface area contributed by atoms with Crippen LogP contribution in [0.4, 0.5) is 0 Å². The van der Waals surface area contributed by atoms with E-state index in [1.54, 1.807) is 0 Å². The molecule has 126 valence electrons. The van der Waals surface area contributed by atoms with Crippen LogP contribution in [0.3, 0.4) is 0 Å². The summed E-state index contributed by atoms with van der Waals surface area (Å²) in [5.41, 5.74) is 4.00. The molecule has 0 saturated carbocycles. The number of hydrogen-bond donors (Lipinski definition) is 1. The predicted octanol–water partition coefficient (Wildman–Crippen LogP) is 2.56. The first-order valence-corrected chi connectivity index (χ1v) is 9.33. The van der Waals surface area contributed by atoms with Gasteiger partial charge in [-0.1, -0.05) is 22.0 Å². The van der Waals surface area contributed by atoms with Crippen molar-refractivity contribution in [1.82, 2.24) is 20.0 Å². The lowest BCUT2D eigenvalue weighted by Crippen LogP contribution is -2.52. The third-order valence-electron chi connectivity index (χ3n) is 4.95. The van der Waals surface area contributed by atoms with Gasteiger partial charge in [0.25, 0.3) is 5.91 Å². The molecule has 1 aromatic heterocycles. The van der Waals surface area contributed by atoms with Crippen molar-refractivity contribution in [3.63, 3.8) is 0 Å². The largest absolute Gasteiger partial charge is 0.332 e. The van der Waals surface area contributed by atoms with Crippen LogP contribution in [-0.2, 0) is 12.8 Å². The number of aromatic nitrogens is 2. The zero-order valence-electron chi connectivity index (χ0n) is 13.8. The minimum Gasteiger partial charge on any atom is -0.332 e. The van der Waals surface area contributed by atoms with E-state index in [0.717, 1.165) is 54.6 Å². The van der Waals surface area contributed by atoms with Crippen molar-refractivity contribution in [2.45, 2.75) is 32.2 Å². The zero-order chi connectivity index (χ0) is 16.7. The van der Waals surface area contributed by atoms with Gasteiger partial charge in [0.05, 0.1) is 5.69 Å². The van der Waals surface area contributed by atoms with E-state index in [1.165, 1.54) is 5.69 Å². The summed E-state index contributed by atoms with van der Waals surface area (Å²) >= 11 is 3.52. The molecule has 2 aliphatic rings. The molecule has 2 heterocycles. The van der Waals surface area contributed by atoms with Gasteiger partial charge < -0.3 is 10.2 Å². The van der Waals surface area contributed by atoms with Gasteiger partial charge in [-0.15, -0.1) is 0 Å². The summed E-state index contributed by atoms with van der Waals surface area (Å²) in [6, 6.07) is 8.30. The maximum absolute atomic E-state index is 13.1. The van der Waals surface area contributed by atoms with Crippen LogP contribution >= 0.6 is 15.9 Å². The number of benzene rings is 1. The standard InChI is InChI=1S/C18H21BrN4O/c1-12-11-20-8-9-22(12)18(24)17-15-6-3-7-16(15)23(21-17)14-5-2-4-13(19)10-14/h2,4-5,10,12,20H,3,6-9,11H2,1H3. The minimum atomic E-state index is 0.0795. The number of fused-ring (bicyclic) bond motifs is 1. The summed E-state index contributed by atoms with van der Waals surface area (Å²) in [5, 5.41) is 8.07.